The average molecular weight is 265 g/mol. The first-order valence-electron chi connectivity index (χ1n) is 6.53. The first kappa shape index (κ1) is 13.6. The second-order valence-electron chi connectivity index (χ2n) is 5.12. The topological polar surface area (TPSA) is 84.2 Å². The summed E-state index contributed by atoms with van der Waals surface area (Å²) >= 11 is 0. The molecule has 1 aliphatic rings. The van der Waals surface area contributed by atoms with Gasteiger partial charge in [0, 0.05) is 18.8 Å². The SMILES string of the molecule is Cc1cc(NC(=O)[C@@H]2CCCC[C@H]2C(=O)O)nn1C. The van der Waals surface area contributed by atoms with Crippen LogP contribution in [-0.4, -0.2) is 26.8 Å². The smallest absolute Gasteiger partial charge is 0.307 e. The van der Waals surface area contributed by atoms with E-state index in [1.807, 2.05) is 6.92 Å². The number of nitrogens with zero attached hydrogens (tertiary/aromatic N) is 2. The normalized spacial score (nSPS) is 23.1. The minimum Gasteiger partial charge on any atom is -0.481 e. The van der Waals surface area contributed by atoms with Gasteiger partial charge in [-0.1, -0.05) is 12.8 Å². The monoisotopic (exact) mass is 265 g/mol. The van der Waals surface area contributed by atoms with Crippen LogP contribution in [0, 0.1) is 18.8 Å². The Bertz CT molecular complexity index is 476. The van der Waals surface area contributed by atoms with Crippen LogP contribution in [0.25, 0.3) is 0 Å². The van der Waals surface area contributed by atoms with E-state index in [2.05, 4.69) is 10.4 Å². The number of carboxylic acid groups (broad SMARTS) is 1. The van der Waals surface area contributed by atoms with Crippen LogP contribution >= 0.6 is 0 Å². The molecule has 1 amide bonds. The highest BCUT2D eigenvalue weighted by Gasteiger charge is 2.35. The van der Waals surface area contributed by atoms with Gasteiger partial charge in [-0.2, -0.15) is 5.10 Å². The number of hydrogen-bond donors (Lipinski definition) is 2. The second-order valence-corrected chi connectivity index (χ2v) is 5.12. The number of rotatable bonds is 3. The molecule has 1 aliphatic carbocycles. The Kier molecular flexibility index (Phi) is 3.87. The molecule has 1 saturated carbocycles. The number of amides is 1. The molecule has 1 fully saturated rings. The van der Waals surface area contributed by atoms with Gasteiger partial charge in [-0.15, -0.1) is 0 Å². The molecular weight excluding hydrogens is 246 g/mol. The number of carboxylic acids is 1. The van der Waals surface area contributed by atoms with Gasteiger partial charge in [0.25, 0.3) is 0 Å². The molecule has 0 radical (unpaired) electrons. The standard InChI is InChI=1S/C13H19N3O3/c1-8-7-11(15-16(8)2)14-12(17)9-5-3-4-6-10(9)13(18)19/h7,9-10H,3-6H2,1-2H3,(H,18,19)(H,14,15,17)/t9-,10-/m1/s1. The average Bonchev–Trinajstić information content (AvgIpc) is 2.68. The Balaban J connectivity index is 2.07. The molecule has 2 rings (SSSR count). The highest BCUT2D eigenvalue weighted by molar-refractivity contribution is 5.94. The lowest BCUT2D eigenvalue weighted by Crippen LogP contribution is -2.36. The van der Waals surface area contributed by atoms with Gasteiger partial charge in [-0.25, -0.2) is 0 Å². The summed E-state index contributed by atoms with van der Waals surface area (Å²) < 4.78 is 1.67. The van der Waals surface area contributed by atoms with E-state index in [1.54, 1.807) is 17.8 Å². The molecule has 0 saturated heterocycles. The van der Waals surface area contributed by atoms with Gasteiger partial charge >= 0.3 is 5.97 Å². The molecule has 0 aromatic carbocycles. The highest BCUT2D eigenvalue weighted by atomic mass is 16.4. The fourth-order valence-electron chi connectivity index (χ4n) is 2.58. The fourth-order valence-corrected chi connectivity index (χ4v) is 2.58. The Morgan fingerprint density at radius 1 is 1.37 bits per heavy atom. The minimum absolute atomic E-state index is 0.231. The van der Waals surface area contributed by atoms with Crippen LogP contribution in [0.2, 0.25) is 0 Å². The maximum atomic E-state index is 12.2. The fraction of sp³-hybridized carbons (Fsp3) is 0.615. The van der Waals surface area contributed by atoms with Crippen LogP contribution < -0.4 is 5.32 Å². The van der Waals surface area contributed by atoms with Crippen molar-refractivity contribution in [3.63, 3.8) is 0 Å². The summed E-state index contributed by atoms with van der Waals surface area (Å²) in [6, 6.07) is 1.77. The van der Waals surface area contributed by atoms with Gasteiger partial charge in [-0.3, -0.25) is 14.3 Å². The summed E-state index contributed by atoms with van der Waals surface area (Å²) in [4.78, 5) is 23.4. The van der Waals surface area contributed by atoms with Gasteiger partial charge < -0.3 is 10.4 Å². The van der Waals surface area contributed by atoms with Crippen molar-refractivity contribution in [3.8, 4) is 0 Å². The van der Waals surface area contributed by atoms with Gasteiger partial charge in [0.1, 0.15) is 0 Å². The maximum Gasteiger partial charge on any atom is 0.307 e. The number of hydrogen-bond acceptors (Lipinski definition) is 3. The first-order valence-corrected chi connectivity index (χ1v) is 6.53. The van der Waals surface area contributed by atoms with E-state index in [0.29, 0.717) is 18.7 Å². The van der Waals surface area contributed by atoms with Crippen molar-refractivity contribution in [1.29, 1.82) is 0 Å². The molecule has 1 heterocycles. The molecule has 0 unspecified atom stereocenters. The van der Waals surface area contributed by atoms with Gasteiger partial charge in [-0.05, 0) is 19.8 Å². The number of aryl methyl sites for hydroxylation is 2. The quantitative estimate of drug-likeness (QED) is 0.868. The number of aliphatic carboxylic acids is 1. The zero-order chi connectivity index (χ0) is 14.0. The highest BCUT2D eigenvalue weighted by Crippen LogP contribution is 2.31. The van der Waals surface area contributed by atoms with Crippen LogP contribution in [0.3, 0.4) is 0 Å². The van der Waals surface area contributed by atoms with E-state index in [9.17, 15) is 14.7 Å². The molecule has 2 atom stereocenters. The Labute approximate surface area is 111 Å². The molecular formula is C13H19N3O3. The Morgan fingerprint density at radius 3 is 2.53 bits per heavy atom. The van der Waals surface area contributed by atoms with Crippen LogP contribution in [0.5, 0.6) is 0 Å². The van der Waals surface area contributed by atoms with Gasteiger partial charge in [0.05, 0.1) is 11.8 Å². The molecule has 0 bridgehead atoms. The third-order valence-corrected chi connectivity index (χ3v) is 3.78. The van der Waals surface area contributed by atoms with Crippen molar-refractivity contribution in [2.24, 2.45) is 18.9 Å². The molecule has 0 aliphatic heterocycles. The largest absolute Gasteiger partial charge is 0.481 e. The summed E-state index contributed by atoms with van der Waals surface area (Å²) in [7, 11) is 1.80. The lowest BCUT2D eigenvalue weighted by Gasteiger charge is -2.27. The lowest BCUT2D eigenvalue weighted by atomic mass is 9.79. The number of carbonyl (C=O) groups is 2. The molecule has 6 nitrogen and oxygen atoms in total. The molecule has 2 N–H and O–H groups in total. The van der Waals surface area contributed by atoms with Crippen LogP contribution in [-0.2, 0) is 16.6 Å². The van der Waals surface area contributed by atoms with E-state index in [-0.39, 0.29) is 5.91 Å². The Morgan fingerprint density at radius 2 is 2.00 bits per heavy atom. The number of carbonyl (C=O) groups excluding carboxylic acids is 1. The number of aromatic nitrogens is 2. The molecule has 0 spiro atoms. The van der Waals surface area contributed by atoms with E-state index in [0.717, 1.165) is 18.5 Å². The van der Waals surface area contributed by atoms with E-state index in [4.69, 9.17) is 0 Å². The predicted octanol–water partition coefficient (Wildman–Crippen LogP) is 1.56. The summed E-state index contributed by atoms with van der Waals surface area (Å²) in [5.74, 6) is -1.64. The molecule has 6 heteroatoms. The molecule has 19 heavy (non-hydrogen) atoms. The van der Waals surface area contributed by atoms with Crippen molar-refractivity contribution in [3.05, 3.63) is 11.8 Å². The maximum absolute atomic E-state index is 12.2. The van der Waals surface area contributed by atoms with E-state index < -0.39 is 17.8 Å². The van der Waals surface area contributed by atoms with Crippen molar-refractivity contribution in [2.45, 2.75) is 32.6 Å². The summed E-state index contributed by atoms with van der Waals surface area (Å²) in [5, 5.41) is 16.0. The Hall–Kier alpha value is -1.85. The molecule has 1 aromatic heterocycles. The summed E-state index contributed by atoms with van der Waals surface area (Å²) in [5.41, 5.74) is 0.939. The lowest BCUT2D eigenvalue weighted by molar-refractivity contribution is -0.147. The van der Waals surface area contributed by atoms with E-state index in [1.165, 1.54) is 0 Å². The van der Waals surface area contributed by atoms with Crippen molar-refractivity contribution in [1.82, 2.24) is 9.78 Å². The second kappa shape index (κ2) is 5.42. The van der Waals surface area contributed by atoms with Crippen LogP contribution in [0.4, 0.5) is 5.82 Å². The zero-order valence-corrected chi connectivity index (χ0v) is 11.2. The summed E-state index contributed by atoms with van der Waals surface area (Å²) in [6.07, 6.45) is 3.00. The molecule has 1 aromatic rings. The van der Waals surface area contributed by atoms with Crippen LogP contribution in [0.1, 0.15) is 31.4 Å². The van der Waals surface area contributed by atoms with E-state index >= 15 is 0 Å². The van der Waals surface area contributed by atoms with Crippen LogP contribution in [0.15, 0.2) is 6.07 Å². The van der Waals surface area contributed by atoms with Crippen molar-refractivity contribution < 1.29 is 14.7 Å². The molecule has 104 valence electrons. The number of anilines is 1. The minimum atomic E-state index is -0.878. The van der Waals surface area contributed by atoms with Gasteiger partial charge in [0.15, 0.2) is 5.82 Å². The zero-order valence-electron chi connectivity index (χ0n) is 11.2. The van der Waals surface area contributed by atoms with Gasteiger partial charge in [0.2, 0.25) is 5.91 Å². The first-order chi connectivity index (χ1) is 8.99. The third kappa shape index (κ3) is 2.94. The van der Waals surface area contributed by atoms with Crippen molar-refractivity contribution in [2.75, 3.05) is 5.32 Å². The predicted molar refractivity (Wildman–Crippen MR) is 69.7 cm³/mol. The third-order valence-electron chi connectivity index (χ3n) is 3.78. The number of nitrogens with one attached hydrogen (secondary N) is 1. The van der Waals surface area contributed by atoms with Crippen molar-refractivity contribution >= 4 is 17.7 Å². The summed E-state index contributed by atoms with van der Waals surface area (Å²) in [6.45, 7) is 1.89.